The van der Waals surface area contributed by atoms with E-state index >= 15 is 0 Å². The van der Waals surface area contributed by atoms with Gasteiger partial charge in [-0.3, -0.25) is 14.9 Å². The Kier molecular flexibility index (Phi) is 4.43. The predicted molar refractivity (Wildman–Crippen MR) is 79.9 cm³/mol. The summed E-state index contributed by atoms with van der Waals surface area (Å²) in [5.74, 6) is -0.449. The van der Waals surface area contributed by atoms with Crippen molar-refractivity contribution in [3.63, 3.8) is 0 Å². The van der Waals surface area contributed by atoms with Gasteiger partial charge in [-0.2, -0.15) is 0 Å². The molecule has 9 heteroatoms. The van der Waals surface area contributed by atoms with Gasteiger partial charge in [0.2, 0.25) is 10.1 Å². The molecule has 2 aromatic rings. The van der Waals surface area contributed by atoms with E-state index in [1.807, 2.05) is 6.92 Å². The maximum absolute atomic E-state index is 12.0. The number of nitrogens with zero attached hydrogens (tertiary/aromatic N) is 3. The van der Waals surface area contributed by atoms with Crippen molar-refractivity contribution in [2.45, 2.75) is 13.8 Å². The Morgan fingerprint density at radius 3 is 2.86 bits per heavy atom. The van der Waals surface area contributed by atoms with Gasteiger partial charge in [0.05, 0.1) is 4.92 Å². The van der Waals surface area contributed by atoms with Gasteiger partial charge in [0.25, 0.3) is 11.6 Å². The minimum atomic E-state index is -0.487. The highest BCUT2D eigenvalue weighted by atomic mass is 32.1. The third-order valence-corrected chi connectivity index (χ3v) is 3.49. The third kappa shape index (κ3) is 3.51. The summed E-state index contributed by atoms with van der Waals surface area (Å²) in [4.78, 5) is 22.4. The van der Waals surface area contributed by atoms with Crippen LogP contribution in [0.3, 0.4) is 0 Å². The summed E-state index contributed by atoms with van der Waals surface area (Å²) >= 11 is 1.12. The van der Waals surface area contributed by atoms with Gasteiger partial charge in [-0.1, -0.05) is 17.4 Å². The highest BCUT2D eigenvalue weighted by molar-refractivity contribution is 7.17. The lowest BCUT2D eigenvalue weighted by atomic mass is 10.2. The molecule has 110 valence electrons. The highest BCUT2D eigenvalue weighted by Gasteiger charge is 2.16. The van der Waals surface area contributed by atoms with Crippen LogP contribution in [0.15, 0.2) is 18.2 Å². The lowest BCUT2D eigenvalue weighted by molar-refractivity contribution is -0.385. The van der Waals surface area contributed by atoms with Crippen molar-refractivity contribution < 1.29 is 9.72 Å². The number of rotatable bonds is 5. The van der Waals surface area contributed by atoms with Crippen molar-refractivity contribution in [1.29, 1.82) is 0 Å². The smallest absolute Gasteiger partial charge is 0.286 e. The zero-order valence-corrected chi connectivity index (χ0v) is 12.2. The number of aryl methyl sites for hydroxylation is 1. The number of nitrogens with one attached hydrogen (secondary N) is 2. The SMILES string of the molecule is CCNc1nnc(C(=O)Nc2ccc(C)c([N+](=O)[O-])c2)s1. The van der Waals surface area contributed by atoms with E-state index in [0.29, 0.717) is 22.9 Å². The van der Waals surface area contributed by atoms with Gasteiger partial charge in [-0.15, -0.1) is 10.2 Å². The van der Waals surface area contributed by atoms with Crippen LogP contribution in [-0.4, -0.2) is 27.6 Å². The number of nitro benzene ring substituents is 1. The van der Waals surface area contributed by atoms with Crippen LogP contribution in [0, 0.1) is 17.0 Å². The lowest BCUT2D eigenvalue weighted by Gasteiger charge is -2.04. The van der Waals surface area contributed by atoms with Gasteiger partial charge >= 0.3 is 0 Å². The van der Waals surface area contributed by atoms with Crippen molar-refractivity contribution in [2.24, 2.45) is 0 Å². The standard InChI is InChI=1S/C12H13N5O3S/c1-3-13-12-16-15-11(21-12)10(18)14-8-5-4-7(2)9(6-8)17(19)20/h4-6H,3H2,1-2H3,(H,13,16)(H,14,18). The first-order valence-electron chi connectivity index (χ1n) is 6.15. The Morgan fingerprint density at radius 1 is 1.43 bits per heavy atom. The fourth-order valence-corrected chi connectivity index (χ4v) is 2.31. The van der Waals surface area contributed by atoms with Gasteiger partial charge in [0, 0.05) is 23.9 Å². The molecule has 8 nitrogen and oxygen atoms in total. The molecule has 21 heavy (non-hydrogen) atoms. The van der Waals surface area contributed by atoms with Gasteiger partial charge in [-0.05, 0) is 19.9 Å². The molecule has 1 heterocycles. The third-order valence-electron chi connectivity index (χ3n) is 2.61. The summed E-state index contributed by atoms with van der Waals surface area (Å²) in [5.41, 5.74) is 0.833. The van der Waals surface area contributed by atoms with E-state index in [2.05, 4.69) is 20.8 Å². The summed E-state index contributed by atoms with van der Waals surface area (Å²) in [6.07, 6.45) is 0. The second-order valence-electron chi connectivity index (χ2n) is 4.16. The first-order valence-corrected chi connectivity index (χ1v) is 6.96. The molecule has 0 aliphatic carbocycles. The van der Waals surface area contributed by atoms with E-state index in [-0.39, 0.29) is 10.7 Å². The van der Waals surface area contributed by atoms with Gasteiger partial charge < -0.3 is 10.6 Å². The number of aromatic nitrogens is 2. The Bertz CT molecular complexity index is 685. The van der Waals surface area contributed by atoms with Crippen LogP contribution >= 0.6 is 11.3 Å². The summed E-state index contributed by atoms with van der Waals surface area (Å²) in [6, 6.07) is 4.50. The second-order valence-corrected chi connectivity index (χ2v) is 5.13. The van der Waals surface area contributed by atoms with Crippen molar-refractivity contribution in [2.75, 3.05) is 17.2 Å². The van der Waals surface area contributed by atoms with Crippen molar-refractivity contribution >= 4 is 33.8 Å². The molecule has 0 spiro atoms. The molecule has 0 aliphatic rings. The first kappa shape index (κ1) is 14.9. The van der Waals surface area contributed by atoms with E-state index in [0.717, 1.165) is 11.3 Å². The number of hydrogen-bond donors (Lipinski definition) is 2. The molecular weight excluding hydrogens is 294 g/mol. The number of benzene rings is 1. The monoisotopic (exact) mass is 307 g/mol. The summed E-state index contributed by atoms with van der Waals surface area (Å²) < 4.78 is 0. The molecule has 2 N–H and O–H groups in total. The van der Waals surface area contributed by atoms with Crippen LogP contribution in [0.25, 0.3) is 0 Å². The average molecular weight is 307 g/mol. The Hall–Kier alpha value is -2.55. The minimum Gasteiger partial charge on any atom is -0.360 e. The Morgan fingerprint density at radius 2 is 2.19 bits per heavy atom. The predicted octanol–water partition coefficient (Wildman–Crippen LogP) is 2.44. The Balaban J connectivity index is 2.15. The largest absolute Gasteiger partial charge is 0.360 e. The molecule has 0 unspecified atom stereocenters. The maximum Gasteiger partial charge on any atom is 0.286 e. The highest BCUT2D eigenvalue weighted by Crippen LogP contribution is 2.23. The van der Waals surface area contributed by atoms with Crippen molar-refractivity contribution in [1.82, 2.24) is 10.2 Å². The number of anilines is 2. The molecule has 0 radical (unpaired) electrons. The quantitative estimate of drug-likeness (QED) is 0.648. The van der Waals surface area contributed by atoms with Crippen molar-refractivity contribution in [3.8, 4) is 0 Å². The molecule has 0 saturated heterocycles. The molecule has 2 rings (SSSR count). The van der Waals surface area contributed by atoms with Gasteiger partial charge in [0.15, 0.2) is 0 Å². The van der Waals surface area contributed by atoms with E-state index in [1.165, 1.54) is 6.07 Å². The summed E-state index contributed by atoms with van der Waals surface area (Å²) in [5, 5.41) is 24.7. The topological polar surface area (TPSA) is 110 Å². The Labute approximate surface area is 124 Å². The normalized spacial score (nSPS) is 10.2. The first-order chi connectivity index (χ1) is 10.0. The molecule has 0 aliphatic heterocycles. The molecule has 1 aromatic heterocycles. The molecule has 1 aromatic carbocycles. The number of hydrogen-bond acceptors (Lipinski definition) is 7. The zero-order valence-electron chi connectivity index (χ0n) is 11.4. The van der Waals surface area contributed by atoms with E-state index in [1.54, 1.807) is 19.1 Å². The number of nitro groups is 1. The molecule has 0 saturated carbocycles. The van der Waals surface area contributed by atoms with Crippen LogP contribution in [-0.2, 0) is 0 Å². The van der Waals surface area contributed by atoms with E-state index < -0.39 is 10.8 Å². The van der Waals surface area contributed by atoms with Crippen molar-refractivity contribution in [3.05, 3.63) is 38.9 Å². The number of carbonyl (C=O) groups is 1. The summed E-state index contributed by atoms with van der Waals surface area (Å²) in [6.45, 7) is 4.23. The van der Waals surface area contributed by atoms with Crippen LogP contribution in [0.5, 0.6) is 0 Å². The van der Waals surface area contributed by atoms with E-state index in [4.69, 9.17) is 0 Å². The summed E-state index contributed by atoms with van der Waals surface area (Å²) in [7, 11) is 0. The average Bonchev–Trinajstić information content (AvgIpc) is 2.90. The van der Waals surface area contributed by atoms with E-state index in [9.17, 15) is 14.9 Å². The van der Waals surface area contributed by atoms with Crippen LogP contribution in [0.4, 0.5) is 16.5 Å². The van der Waals surface area contributed by atoms with Crippen LogP contribution < -0.4 is 10.6 Å². The molecule has 0 bridgehead atoms. The zero-order chi connectivity index (χ0) is 15.4. The van der Waals surface area contributed by atoms with Gasteiger partial charge in [-0.25, -0.2) is 0 Å². The van der Waals surface area contributed by atoms with Crippen LogP contribution in [0.1, 0.15) is 22.3 Å². The molecule has 0 fully saturated rings. The molecular formula is C12H13N5O3S. The fourth-order valence-electron chi connectivity index (χ4n) is 1.61. The maximum atomic E-state index is 12.0. The van der Waals surface area contributed by atoms with Crippen LogP contribution in [0.2, 0.25) is 0 Å². The fraction of sp³-hybridized carbons (Fsp3) is 0.250. The molecule has 0 atom stereocenters. The number of carbonyl (C=O) groups excluding carboxylic acids is 1. The number of amides is 1. The van der Waals surface area contributed by atoms with Gasteiger partial charge in [0.1, 0.15) is 0 Å². The minimum absolute atomic E-state index is 0.0431. The second kappa shape index (κ2) is 6.27. The molecule has 1 amide bonds. The lowest BCUT2D eigenvalue weighted by Crippen LogP contribution is -2.11.